The molecule has 0 bridgehead atoms. The molecule has 0 aliphatic carbocycles. The summed E-state index contributed by atoms with van der Waals surface area (Å²) in [5.41, 5.74) is 10.7. The van der Waals surface area contributed by atoms with Crippen LogP contribution in [0.4, 0.5) is 0 Å². The van der Waals surface area contributed by atoms with Gasteiger partial charge >= 0.3 is 17.9 Å². The normalized spacial score (nSPS) is 14.3. The second-order valence-corrected chi connectivity index (χ2v) is 7.13. The SMILES string of the molecule is NCCCCC(NC(=O)C(CCC(=O)O)NC(=O)C(CC(=O)O)NC(=O)C(N)CO)C(=O)O. The van der Waals surface area contributed by atoms with Gasteiger partial charge in [-0.25, -0.2) is 4.79 Å². The van der Waals surface area contributed by atoms with E-state index in [0.717, 1.165) is 0 Å². The Kier molecular flexibility index (Phi) is 13.9. The highest BCUT2D eigenvalue weighted by atomic mass is 16.4. The van der Waals surface area contributed by atoms with Gasteiger partial charge in [-0.3, -0.25) is 24.0 Å². The Morgan fingerprint density at radius 3 is 1.76 bits per heavy atom. The van der Waals surface area contributed by atoms with Gasteiger partial charge in [-0.05, 0) is 32.2 Å². The van der Waals surface area contributed by atoms with E-state index in [1.54, 1.807) is 0 Å². The van der Waals surface area contributed by atoms with Gasteiger partial charge in [0.1, 0.15) is 24.2 Å². The van der Waals surface area contributed by atoms with Crippen molar-refractivity contribution in [3.8, 4) is 0 Å². The Morgan fingerprint density at radius 1 is 0.727 bits per heavy atom. The summed E-state index contributed by atoms with van der Waals surface area (Å²) >= 11 is 0. The lowest BCUT2D eigenvalue weighted by molar-refractivity contribution is -0.144. The number of carboxylic acid groups (broad SMARTS) is 3. The Balaban J connectivity index is 5.50. The summed E-state index contributed by atoms with van der Waals surface area (Å²) < 4.78 is 0. The Hall–Kier alpha value is -3.30. The minimum Gasteiger partial charge on any atom is -0.481 e. The molecule has 0 aliphatic heterocycles. The van der Waals surface area contributed by atoms with E-state index in [9.17, 15) is 33.9 Å². The summed E-state index contributed by atoms with van der Waals surface area (Å²) in [6.07, 6.45) is -0.988. The highest BCUT2D eigenvalue weighted by molar-refractivity contribution is 5.95. The first-order chi connectivity index (χ1) is 15.4. The number of aliphatic hydroxyl groups excluding tert-OH is 1. The zero-order valence-corrected chi connectivity index (χ0v) is 17.9. The van der Waals surface area contributed by atoms with Gasteiger partial charge in [0.25, 0.3) is 0 Å². The summed E-state index contributed by atoms with van der Waals surface area (Å²) in [5.74, 6) is -7.31. The molecule has 15 nitrogen and oxygen atoms in total. The Labute approximate surface area is 188 Å². The second-order valence-electron chi connectivity index (χ2n) is 7.13. The molecule has 0 saturated heterocycles. The van der Waals surface area contributed by atoms with Crippen LogP contribution in [-0.4, -0.2) is 93.4 Å². The van der Waals surface area contributed by atoms with E-state index >= 15 is 0 Å². The van der Waals surface area contributed by atoms with Crippen molar-refractivity contribution in [1.29, 1.82) is 0 Å². The van der Waals surface area contributed by atoms with Gasteiger partial charge in [-0.1, -0.05) is 0 Å². The van der Waals surface area contributed by atoms with Crippen LogP contribution in [-0.2, 0) is 28.8 Å². The van der Waals surface area contributed by atoms with Crippen LogP contribution in [0, 0.1) is 0 Å². The summed E-state index contributed by atoms with van der Waals surface area (Å²) in [6, 6.07) is -6.01. The lowest BCUT2D eigenvalue weighted by Gasteiger charge is -2.24. The van der Waals surface area contributed by atoms with Crippen LogP contribution < -0.4 is 27.4 Å². The molecule has 3 amide bonds. The van der Waals surface area contributed by atoms with E-state index in [4.69, 9.17) is 26.8 Å². The van der Waals surface area contributed by atoms with E-state index in [1.165, 1.54) is 0 Å². The van der Waals surface area contributed by atoms with Gasteiger partial charge in [0.2, 0.25) is 17.7 Å². The molecule has 15 heteroatoms. The second kappa shape index (κ2) is 15.5. The van der Waals surface area contributed by atoms with Crippen LogP contribution >= 0.6 is 0 Å². The lowest BCUT2D eigenvalue weighted by Crippen LogP contribution is -2.57. The van der Waals surface area contributed by atoms with Gasteiger partial charge in [-0.2, -0.15) is 0 Å². The first-order valence-electron chi connectivity index (χ1n) is 10.1. The number of nitrogens with one attached hydrogen (secondary N) is 3. The predicted molar refractivity (Wildman–Crippen MR) is 111 cm³/mol. The summed E-state index contributed by atoms with van der Waals surface area (Å²) in [6.45, 7) is -0.466. The number of rotatable bonds is 17. The zero-order valence-electron chi connectivity index (χ0n) is 17.9. The molecule has 0 aromatic carbocycles. The summed E-state index contributed by atoms with van der Waals surface area (Å²) in [5, 5.41) is 42.5. The minimum absolute atomic E-state index is 0.0363. The third-order valence-electron chi connectivity index (χ3n) is 4.39. The van der Waals surface area contributed by atoms with E-state index < -0.39 is 85.7 Å². The van der Waals surface area contributed by atoms with Gasteiger partial charge in [0.05, 0.1) is 13.0 Å². The van der Waals surface area contributed by atoms with Crippen molar-refractivity contribution in [2.45, 2.75) is 62.7 Å². The van der Waals surface area contributed by atoms with E-state index in [1.807, 2.05) is 5.32 Å². The van der Waals surface area contributed by atoms with Gasteiger partial charge in [-0.15, -0.1) is 0 Å². The molecule has 0 aromatic heterocycles. The van der Waals surface area contributed by atoms with Gasteiger partial charge < -0.3 is 47.8 Å². The first kappa shape index (κ1) is 29.7. The number of carbonyl (C=O) groups excluding carboxylic acids is 3. The number of amides is 3. The van der Waals surface area contributed by atoms with Crippen LogP contribution in [0.5, 0.6) is 0 Å². The third kappa shape index (κ3) is 12.4. The average molecular weight is 477 g/mol. The fourth-order valence-corrected chi connectivity index (χ4v) is 2.58. The van der Waals surface area contributed by atoms with Crippen molar-refractivity contribution in [2.24, 2.45) is 11.5 Å². The van der Waals surface area contributed by atoms with Crippen LogP contribution in [0.15, 0.2) is 0 Å². The number of nitrogens with two attached hydrogens (primary N) is 2. The average Bonchev–Trinajstić information content (AvgIpc) is 2.73. The molecule has 0 saturated carbocycles. The Bertz CT molecular complexity index is 717. The number of hydrogen-bond acceptors (Lipinski definition) is 9. The van der Waals surface area contributed by atoms with E-state index in [2.05, 4.69) is 10.6 Å². The molecule has 0 spiro atoms. The number of aliphatic carboxylic acids is 3. The molecular weight excluding hydrogens is 446 g/mol. The molecule has 0 rings (SSSR count). The molecule has 0 aromatic rings. The monoisotopic (exact) mass is 477 g/mol. The number of aliphatic hydroxyl groups is 1. The lowest BCUT2D eigenvalue weighted by atomic mass is 10.1. The zero-order chi connectivity index (χ0) is 25.6. The predicted octanol–water partition coefficient (Wildman–Crippen LogP) is -3.69. The summed E-state index contributed by atoms with van der Waals surface area (Å²) in [7, 11) is 0. The number of hydrogen-bond donors (Lipinski definition) is 9. The fourth-order valence-electron chi connectivity index (χ4n) is 2.58. The van der Waals surface area contributed by atoms with Crippen molar-refractivity contribution in [3.05, 3.63) is 0 Å². The highest BCUT2D eigenvalue weighted by Gasteiger charge is 2.31. The highest BCUT2D eigenvalue weighted by Crippen LogP contribution is 2.05. The number of carbonyl (C=O) groups is 6. The maximum absolute atomic E-state index is 12.6. The standard InChI is InChI=1S/C18H31N5O10/c19-6-2-1-3-11(18(32)33)22-16(30)10(4-5-13(25)26)21-17(31)12(7-14(27)28)23-15(29)9(20)8-24/h9-12,24H,1-8,19-20H2,(H,21,31)(H,22,30)(H,23,29)(H,25,26)(H,27,28)(H,32,33). The van der Waals surface area contributed by atoms with Gasteiger partial charge in [0.15, 0.2) is 0 Å². The van der Waals surface area contributed by atoms with Gasteiger partial charge in [0, 0.05) is 6.42 Å². The van der Waals surface area contributed by atoms with Crippen molar-refractivity contribution in [1.82, 2.24) is 16.0 Å². The Morgan fingerprint density at radius 2 is 1.27 bits per heavy atom. The quantitative estimate of drug-likeness (QED) is 0.0916. The van der Waals surface area contributed by atoms with Crippen molar-refractivity contribution in [2.75, 3.05) is 13.2 Å². The molecular formula is C18H31N5O10. The van der Waals surface area contributed by atoms with Crippen molar-refractivity contribution >= 4 is 35.6 Å². The van der Waals surface area contributed by atoms with E-state index in [-0.39, 0.29) is 6.42 Å². The molecule has 0 radical (unpaired) electrons. The largest absolute Gasteiger partial charge is 0.481 e. The fraction of sp³-hybridized carbons (Fsp3) is 0.667. The smallest absolute Gasteiger partial charge is 0.326 e. The van der Waals surface area contributed by atoms with Crippen LogP contribution in [0.2, 0.25) is 0 Å². The number of unbranched alkanes of at least 4 members (excludes halogenated alkanes) is 1. The maximum atomic E-state index is 12.6. The van der Waals surface area contributed by atoms with Crippen LogP contribution in [0.25, 0.3) is 0 Å². The molecule has 4 unspecified atom stereocenters. The molecule has 0 heterocycles. The van der Waals surface area contributed by atoms with Crippen molar-refractivity contribution < 1.29 is 49.2 Å². The van der Waals surface area contributed by atoms with Crippen LogP contribution in [0.1, 0.15) is 38.5 Å². The maximum Gasteiger partial charge on any atom is 0.326 e. The molecule has 33 heavy (non-hydrogen) atoms. The minimum atomic E-state index is -1.70. The molecule has 11 N–H and O–H groups in total. The molecule has 188 valence electrons. The van der Waals surface area contributed by atoms with E-state index in [0.29, 0.717) is 19.4 Å². The molecule has 4 atom stereocenters. The van der Waals surface area contributed by atoms with Crippen molar-refractivity contribution in [3.63, 3.8) is 0 Å². The van der Waals surface area contributed by atoms with Crippen LogP contribution in [0.3, 0.4) is 0 Å². The summed E-state index contributed by atoms with van der Waals surface area (Å²) in [4.78, 5) is 70.4. The number of carboxylic acids is 3. The molecule has 0 fully saturated rings. The topological polar surface area (TPSA) is 271 Å². The first-order valence-corrected chi connectivity index (χ1v) is 10.1. The molecule has 0 aliphatic rings. The third-order valence-corrected chi connectivity index (χ3v) is 4.39.